The van der Waals surface area contributed by atoms with Crippen LogP contribution < -0.4 is 14.8 Å². The standard InChI is InChI=1S/C23H32BrNO3/c1-3-5-13-26-14-9-12-25-17-20-15-21(24)23(22(16-20)27-4-2)28-18-19-10-7-6-8-11-19/h6-8,10-11,15-16,25H,3-5,9,12-14,17-18H2,1-2H3. The van der Waals surface area contributed by atoms with Gasteiger partial charge in [0.25, 0.3) is 0 Å². The second-order valence-electron chi connectivity index (χ2n) is 6.61. The molecule has 0 fully saturated rings. The van der Waals surface area contributed by atoms with Crippen molar-refractivity contribution in [2.24, 2.45) is 0 Å². The van der Waals surface area contributed by atoms with Crippen LogP contribution in [0.2, 0.25) is 0 Å². The minimum atomic E-state index is 0.509. The molecule has 0 aliphatic rings. The van der Waals surface area contributed by atoms with Gasteiger partial charge in [0.1, 0.15) is 6.61 Å². The first-order valence-electron chi connectivity index (χ1n) is 10.1. The Balaban J connectivity index is 1.86. The molecule has 2 aromatic rings. The molecule has 1 N–H and O–H groups in total. The van der Waals surface area contributed by atoms with E-state index in [0.717, 1.165) is 66.2 Å². The van der Waals surface area contributed by atoms with Gasteiger partial charge < -0.3 is 19.5 Å². The number of ether oxygens (including phenoxy) is 3. The van der Waals surface area contributed by atoms with Crippen molar-refractivity contribution in [2.75, 3.05) is 26.4 Å². The first-order chi connectivity index (χ1) is 13.7. The highest BCUT2D eigenvalue weighted by atomic mass is 79.9. The van der Waals surface area contributed by atoms with Crippen LogP contribution in [0.5, 0.6) is 11.5 Å². The number of unbranched alkanes of at least 4 members (excludes halogenated alkanes) is 1. The Morgan fingerprint density at radius 3 is 2.46 bits per heavy atom. The van der Waals surface area contributed by atoms with Crippen molar-refractivity contribution >= 4 is 15.9 Å². The van der Waals surface area contributed by atoms with Gasteiger partial charge in [0, 0.05) is 19.8 Å². The molecule has 0 amide bonds. The maximum absolute atomic E-state index is 6.04. The molecule has 154 valence electrons. The highest BCUT2D eigenvalue weighted by molar-refractivity contribution is 9.10. The fraction of sp³-hybridized carbons (Fsp3) is 0.478. The molecule has 0 unspecified atom stereocenters. The summed E-state index contributed by atoms with van der Waals surface area (Å²) in [5.74, 6) is 1.52. The zero-order valence-electron chi connectivity index (χ0n) is 17.0. The third-order valence-corrected chi connectivity index (χ3v) is 4.80. The Bertz CT molecular complexity index is 679. The summed E-state index contributed by atoms with van der Waals surface area (Å²) in [6.07, 6.45) is 3.34. The van der Waals surface area contributed by atoms with Crippen LogP contribution in [-0.2, 0) is 17.9 Å². The van der Waals surface area contributed by atoms with E-state index in [9.17, 15) is 0 Å². The van der Waals surface area contributed by atoms with Crippen LogP contribution in [0, 0.1) is 0 Å². The molecule has 0 radical (unpaired) electrons. The highest BCUT2D eigenvalue weighted by Gasteiger charge is 2.12. The van der Waals surface area contributed by atoms with E-state index < -0.39 is 0 Å². The van der Waals surface area contributed by atoms with E-state index in [1.54, 1.807) is 0 Å². The van der Waals surface area contributed by atoms with Crippen LogP contribution in [0.25, 0.3) is 0 Å². The summed E-state index contributed by atoms with van der Waals surface area (Å²) < 4.78 is 18.4. The van der Waals surface area contributed by atoms with Crippen LogP contribution in [-0.4, -0.2) is 26.4 Å². The fourth-order valence-electron chi connectivity index (χ4n) is 2.74. The lowest BCUT2D eigenvalue weighted by molar-refractivity contribution is 0.129. The summed E-state index contributed by atoms with van der Waals surface area (Å²) >= 11 is 3.65. The fourth-order valence-corrected chi connectivity index (χ4v) is 3.34. The number of nitrogens with one attached hydrogen (secondary N) is 1. The Morgan fingerprint density at radius 1 is 0.929 bits per heavy atom. The molecule has 0 saturated carbocycles. The molecule has 0 aliphatic heterocycles. The lowest BCUT2D eigenvalue weighted by atomic mass is 10.2. The monoisotopic (exact) mass is 449 g/mol. The predicted octanol–water partition coefficient (Wildman–Crippen LogP) is 5.72. The van der Waals surface area contributed by atoms with Crippen LogP contribution >= 0.6 is 15.9 Å². The number of halogens is 1. The number of benzene rings is 2. The van der Waals surface area contributed by atoms with E-state index in [1.807, 2.05) is 25.1 Å². The van der Waals surface area contributed by atoms with Crippen molar-refractivity contribution in [1.82, 2.24) is 5.32 Å². The van der Waals surface area contributed by atoms with Crippen LogP contribution in [0.15, 0.2) is 46.9 Å². The summed E-state index contributed by atoms with van der Waals surface area (Å²) in [6.45, 7) is 8.66. The van der Waals surface area contributed by atoms with E-state index in [0.29, 0.717) is 13.2 Å². The van der Waals surface area contributed by atoms with Crippen molar-refractivity contribution < 1.29 is 14.2 Å². The maximum atomic E-state index is 6.04. The molecule has 0 aliphatic carbocycles. The lowest BCUT2D eigenvalue weighted by Gasteiger charge is -2.16. The molecule has 5 heteroatoms. The van der Waals surface area contributed by atoms with E-state index in [-0.39, 0.29) is 0 Å². The summed E-state index contributed by atoms with van der Waals surface area (Å²) in [7, 11) is 0. The van der Waals surface area contributed by atoms with Crippen LogP contribution in [0.4, 0.5) is 0 Å². The van der Waals surface area contributed by atoms with Crippen molar-refractivity contribution in [3.63, 3.8) is 0 Å². The van der Waals surface area contributed by atoms with Crippen molar-refractivity contribution in [1.29, 1.82) is 0 Å². The molecular weight excluding hydrogens is 418 g/mol. The Morgan fingerprint density at radius 2 is 1.71 bits per heavy atom. The molecule has 0 saturated heterocycles. The van der Waals surface area contributed by atoms with Gasteiger partial charge in [0.2, 0.25) is 0 Å². The minimum Gasteiger partial charge on any atom is -0.490 e. The van der Waals surface area contributed by atoms with Crippen LogP contribution in [0.3, 0.4) is 0 Å². The van der Waals surface area contributed by atoms with Gasteiger partial charge in [-0.15, -0.1) is 0 Å². The highest BCUT2D eigenvalue weighted by Crippen LogP contribution is 2.37. The Labute approximate surface area is 177 Å². The molecule has 2 rings (SSSR count). The van der Waals surface area contributed by atoms with Gasteiger partial charge in [-0.25, -0.2) is 0 Å². The van der Waals surface area contributed by atoms with E-state index in [4.69, 9.17) is 14.2 Å². The molecule has 4 nitrogen and oxygen atoms in total. The number of hydrogen-bond acceptors (Lipinski definition) is 4. The zero-order valence-corrected chi connectivity index (χ0v) is 18.6. The van der Waals surface area contributed by atoms with Gasteiger partial charge in [-0.05, 0) is 65.5 Å². The van der Waals surface area contributed by atoms with Crippen LogP contribution in [0.1, 0.15) is 44.2 Å². The second kappa shape index (κ2) is 13.6. The second-order valence-corrected chi connectivity index (χ2v) is 7.46. The largest absolute Gasteiger partial charge is 0.490 e. The summed E-state index contributed by atoms with van der Waals surface area (Å²) in [5, 5.41) is 3.47. The SMILES string of the molecule is CCCCOCCCNCc1cc(Br)c(OCc2ccccc2)c(OCC)c1. The van der Waals surface area contributed by atoms with Crippen molar-refractivity contribution in [3.8, 4) is 11.5 Å². The first-order valence-corrected chi connectivity index (χ1v) is 10.9. The normalized spacial score (nSPS) is 10.8. The molecule has 0 heterocycles. The topological polar surface area (TPSA) is 39.7 Å². The third-order valence-electron chi connectivity index (χ3n) is 4.21. The van der Waals surface area contributed by atoms with Gasteiger partial charge in [-0.3, -0.25) is 0 Å². The van der Waals surface area contributed by atoms with Gasteiger partial charge in [-0.1, -0.05) is 43.7 Å². The number of hydrogen-bond donors (Lipinski definition) is 1. The minimum absolute atomic E-state index is 0.509. The van der Waals surface area contributed by atoms with Gasteiger partial charge >= 0.3 is 0 Å². The average molecular weight is 450 g/mol. The lowest BCUT2D eigenvalue weighted by Crippen LogP contribution is -2.16. The quantitative estimate of drug-likeness (QED) is 0.374. The smallest absolute Gasteiger partial charge is 0.175 e. The molecular formula is C23H32BrNO3. The molecule has 2 aromatic carbocycles. The maximum Gasteiger partial charge on any atom is 0.175 e. The van der Waals surface area contributed by atoms with Crippen molar-refractivity contribution in [3.05, 3.63) is 58.1 Å². The van der Waals surface area contributed by atoms with Gasteiger partial charge in [-0.2, -0.15) is 0 Å². The van der Waals surface area contributed by atoms with Gasteiger partial charge in [0.05, 0.1) is 11.1 Å². The predicted molar refractivity (Wildman–Crippen MR) is 118 cm³/mol. The average Bonchev–Trinajstić information content (AvgIpc) is 2.70. The number of rotatable bonds is 14. The Kier molecular flexibility index (Phi) is 11.0. The molecule has 0 aromatic heterocycles. The summed E-state index contributed by atoms with van der Waals surface area (Å²) in [5.41, 5.74) is 2.29. The third kappa shape index (κ3) is 8.21. The van der Waals surface area contributed by atoms with Gasteiger partial charge in [0.15, 0.2) is 11.5 Å². The molecule has 28 heavy (non-hydrogen) atoms. The Hall–Kier alpha value is -1.56. The van der Waals surface area contributed by atoms with E-state index in [2.05, 4.69) is 52.4 Å². The van der Waals surface area contributed by atoms with E-state index >= 15 is 0 Å². The molecule has 0 spiro atoms. The molecule has 0 bridgehead atoms. The molecule has 0 atom stereocenters. The first kappa shape index (κ1) is 22.7. The van der Waals surface area contributed by atoms with Crippen molar-refractivity contribution in [2.45, 2.75) is 46.3 Å². The summed E-state index contributed by atoms with van der Waals surface area (Å²) in [6, 6.07) is 14.3. The summed E-state index contributed by atoms with van der Waals surface area (Å²) in [4.78, 5) is 0. The zero-order chi connectivity index (χ0) is 20.0. The van der Waals surface area contributed by atoms with E-state index in [1.165, 1.54) is 6.42 Å².